The number of hydrogen-bond acceptors (Lipinski definition) is 4. The lowest BCUT2D eigenvalue weighted by molar-refractivity contribution is -0.141. The first-order valence-corrected chi connectivity index (χ1v) is 7.66. The molecule has 2 amide bonds. The molecule has 7 heteroatoms. The number of rotatable bonds is 6. The molecule has 2 fully saturated rings. The van der Waals surface area contributed by atoms with Crippen molar-refractivity contribution in [1.29, 1.82) is 0 Å². The van der Waals surface area contributed by atoms with Crippen molar-refractivity contribution in [3.63, 3.8) is 0 Å². The van der Waals surface area contributed by atoms with Gasteiger partial charge >= 0.3 is 12.0 Å². The van der Waals surface area contributed by atoms with Crippen molar-refractivity contribution in [2.75, 3.05) is 32.8 Å². The molecule has 2 aliphatic rings. The molecule has 2 aliphatic heterocycles. The van der Waals surface area contributed by atoms with Gasteiger partial charge in [-0.05, 0) is 25.8 Å². The minimum absolute atomic E-state index is 0.0445. The van der Waals surface area contributed by atoms with Gasteiger partial charge in [-0.25, -0.2) is 4.79 Å². The van der Waals surface area contributed by atoms with E-state index in [1.54, 1.807) is 6.92 Å². The van der Waals surface area contributed by atoms with Crippen LogP contribution in [0.5, 0.6) is 0 Å². The Morgan fingerprint density at radius 1 is 1.43 bits per heavy atom. The van der Waals surface area contributed by atoms with Gasteiger partial charge in [-0.1, -0.05) is 6.92 Å². The lowest BCUT2D eigenvalue weighted by Crippen LogP contribution is -2.51. The van der Waals surface area contributed by atoms with Gasteiger partial charge in [-0.15, -0.1) is 0 Å². The summed E-state index contributed by atoms with van der Waals surface area (Å²) in [6.07, 6.45) is 2.92. The number of carboxylic acids is 1. The Morgan fingerprint density at radius 3 is 3.00 bits per heavy atom. The van der Waals surface area contributed by atoms with Crippen LogP contribution in [0.1, 0.15) is 26.2 Å². The van der Waals surface area contributed by atoms with Crippen molar-refractivity contribution < 1.29 is 19.4 Å². The standard InChI is InChI=1S/C14H25N3O4/c1-10(13(18)19)4-5-15-14(20)16-7-12-8-17-6-2-3-11(17)9-21-12/h10-12H,2-9H2,1H3,(H,18,19)(H2,15,16,20). The predicted molar refractivity (Wildman–Crippen MR) is 77.2 cm³/mol. The summed E-state index contributed by atoms with van der Waals surface area (Å²) in [5, 5.41) is 14.2. The van der Waals surface area contributed by atoms with Crippen molar-refractivity contribution in [2.24, 2.45) is 5.92 Å². The van der Waals surface area contributed by atoms with Crippen molar-refractivity contribution in [2.45, 2.75) is 38.3 Å². The summed E-state index contributed by atoms with van der Waals surface area (Å²) in [5.41, 5.74) is 0. The zero-order valence-electron chi connectivity index (χ0n) is 12.5. The molecule has 3 unspecified atom stereocenters. The van der Waals surface area contributed by atoms with E-state index in [0.29, 0.717) is 25.6 Å². The molecular formula is C14H25N3O4. The van der Waals surface area contributed by atoms with Crippen molar-refractivity contribution in [3.8, 4) is 0 Å². The van der Waals surface area contributed by atoms with Gasteiger partial charge in [0.2, 0.25) is 0 Å². The fraction of sp³-hybridized carbons (Fsp3) is 0.857. The van der Waals surface area contributed by atoms with E-state index in [-0.39, 0.29) is 12.1 Å². The second-order valence-corrected chi connectivity index (χ2v) is 5.91. The van der Waals surface area contributed by atoms with Crippen LogP contribution in [0.4, 0.5) is 4.79 Å². The second kappa shape index (κ2) is 7.61. The van der Waals surface area contributed by atoms with E-state index in [0.717, 1.165) is 19.7 Å². The Labute approximate surface area is 125 Å². The Bertz CT molecular complexity index is 377. The van der Waals surface area contributed by atoms with Crippen LogP contribution in [-0.4, -0.2) is 66.9 Å². The average Bonchev–Trinajstić information content (AvgIpc) is 2.92. The quantitative estimate of drug-likeness (QED) is 0.654. The SMILES string of the molecule is CC(CCNC(=O)NCC1CN2CCCC2CO1)C(=O)O. The number of morpholine rings is 1. The van der Waals surface area contributed by atoms with E-state index in [1.807, 2.05) is 0 Å². The van der Waals surface area contributed by atoms with Gasteiger partial charge in [-0.2, -0.15) is 0 Å². The maximum absolute atomic E-state index is 11.6. The second-order valence-electron chi connectivity index (χ2n) is 5.91. The van der Waals surface area contributed by atoms with Gasteiger partial charge in [0.1, 0.15) is 0 Å². The summed E-state index contributed by atoms with van der Waals surface area (Å²) >= 11 is 0. The molecule has 120 valence electrons. The minimum Gasteiger partial charge on any atom is -0.481 e. The molecule has 0 spiro atoms. The van der Waals surface area contributed by atoms with Gasteiger partial charge in [0.15, 0.2) is 0 Å². The largest absolute Gasteiger partial charge is 0.481 e. The van der Waals surface area contributed by atoms with E-state index in [2.05, 4.69) is 15.5 Å². The molecule has 2 heterocycles. The van der Waals surface area contributed by atoms with Gasteiger partial charge in [0, 0.05) is 25.7 Å². The fourth-order valence-electron chi connectivity index (χ4n) is 2.80. The molecule has 0 aromatic rings. The molecular weight excluding hydrogens is 274 g/mol. The van der Waals surface area contributed by atoms with E-state index in [9.17, 15) is 9.59 Å². The number of carbonyl (C=O) groups excluding carboxylic acids is 1. The lowest BCUT2D eigenvalue weighted by atomic mass is 10.1. The zero-order chi connectivity index (χ0) is 15.2. The van der Waals surface area contributed by atoms with Crippen LogP contribution in [-0.2, 0) is 9.53 Å². The molecule has 7 nitrogen and oxygen atoms in total. The zero-order valence-corrected chi connectivity index (χ0v) is 12.5. The summed E-state index contributed by atoms with van der Waals surface area (Å²) in [6.45, 7) is 5.24. The molecule has 3 N–H and O–H groups in total. The number of nitrogens with one attached hydrogen (secondary N) is 2. The summed E-state index contributed by atoms with van der Waals surface area (Å²) in [4.78, 5) is 24.7. The number of urea groups is 1. The van der Waals surface area contributed by atoms with E-state index in [1.165, 1.54) is 12.8 Å². The fourth-order valence-corrected chi connectivity index (χ4v) is 2.80. The molecule has 0 aromatic carbocycles. The Kier molecular flexibility index (Phi) is 5.81. The van der Waals surface area contributed by atoms with E-state index in [4.69, 9.17) is 9.84 Å². The van der Waals surface area contributed by atoms with Crippen LogP contribution in [0.15, 0.2) is 0 Å². The summed E-state index contributed by atoms with van der Waals surface area (Å²) < 4.78 is 5.75. The topological polar surface area (TPSA) is 90.9 Å². The van der Waals surface area contributed by atoms with Crippen LogP contribution in [0, 0.1) is 5.92 Å². The summed E-state index contributed by atoms with van der Waals surface area (Å²) in [5.74, 6) is -1.29. The first-order chi connectivity index (χ1) is 10.1. The molecule has 0 saturated carbocycles. The van der Waals surface area contributed by atoms with Crippen LogP contribution in [0.2, 0.25) is 0 Å². The van der Waals surface area contributed by atoms with Gasteiger partial charge in [0.05, 0.1) is 18.6 Å². The number of aliphatic carboxylic acids is 1. The van der Waals surface area contributed by atoms with Crippen LogP contribution < -0.4 is 10.6 Å². The highest BCUT2D eigenvalue weighted by Crippen LogP contribution is 2.22. The highest BCUT2D eigenvalue weighted by atomic mass is 16.5. The predicted octanol–water partition coefficient (Wildman–Crippen LogP) is 0.260. The molecule has 0 bridgehead atoms. The number of carbonyl (C=O) groups is 2. The first-order valence-electron chi connectivity index (χ1n) is 7.66. The number of ether oxygens (including phenoxy) is 1. The number of carboxylic acid groups (broad SMARTS) is 1. The van der Waals surface area contributed by atoms with Crippen molar-refractivity contribution in [1.82, 2.24) is 15.5 Å². The van der Waals surface area contributed by atoms with E-state index >= 15 is 0 Å². The highest BCUT2D eigenvalue weighted by Gasteiger charge is 2.32. The van der Waals surface area contributed by atoms with Crippen molar-refractivity contribution in [3.05, 3.63) is 0 Å². The number of hydrogen-bond donors (Lipinski definition) is 3. The van der Waals surface area contributed by atoms with Crippen LogP contribution >= 0.6 is 0 Å². The van der Waals surface area contributed by atoms with Gasteiger partial charge < -0.3 is 20.5 Å². The monoisotopic (exact) mass is 299 g/mol. The Balaban J connectivity index is 1.57. The normalized spacial score (nSPS) is 26.9. The average molecular weight is 299 g/mol. The molecule has 0 aromatic heterocycles. The minimum atomic E-state index is -0.840. The summed E-state index contributed by atoms with van der Waals surface area (Å²) in [7, 11) is 0. The number of fused-ring (bicyclic) bond motifs is 1. The van der Waals surface area contributed by atoms with Crippen LogP contribution in [0.25, 0.3) is 0 Å². The third-order valence-electron chi connectivity index (χ3n) is 4.24. The van der Waals surface area contributed by atoms with Crippen LogP contribution in [0.3, 0.4) is 0 Å². The maximum atomic E-state index is 11.6. The maximum Gasteiger partial charge on any atom is 0.314 e. The highest BCUT2D eigenvalue weighted by molar-refractivity contribution is 5.74. The smallest absolute Gasteiger partial charge is 0.314 e. The van der Waals surface area contributed by atoms with Gasteiger partial charge in [0.25, 0.3) is 0 Å². The van der Waals surface area contributed by atoms with Gasteiger partial charge in [-0.3, -0.25) is 9.69 Å². The molecule has 3 atom stereocenters. The lowest BCUT2D eigenvalue weighted by Gasteiger charge is -2.35. The van der Waals surface area contributed by atoms with Crippen molar-refractivity contribution >= 4 is 12.0 Å². The molecule has 0 aliphatic carbocycles. The molecule has 2 saturated heterocycles. The Hall–Kier alpha value is -1.34. The third kappa shape index (κ3) is 4.86. The molecule has 0 radical (unpaired) electrons. The molecule has 2 rings (SSSR count). The summed E-state index contributed by atoms with van der Waals surface area (Å²) in [6, 6.07) is 0.298. The number of amides is 2. The Morgan fingerprint density at radius 2 is 2.24 bits per heavy atom. The number of nitrogens with zero attached hydrogens (tertiary/aromatic N) is 1. The van der Waals surface area contributed by atoms with E-state index < -0.39 is 11.9 Å². The third-order valence-corrected chi connectivity index (χ3v) is 4.24. The molecule has 21 heavy (non-hydrogen) atoms. The first kappa shape index (κ1) is 16.0.